The highest BCUT2D eigenvalue weighted by Crippen LogP contribution is 2.15. The minimum absolute atomic E-state index is 0.258. The number of carbonyl (C=O) groups is 2. The number of carbonyl (C=O) groups excluding carboxylic acids is 2. The van der Waals surface area contributed by atoms with E-state index in [1.165, 1.54) is 141 Å². The number of rotatable bonds is 38. The van der Waals surface area contributed by atoms with E-state index in [2.05, 4.69) is 13.8 Å². The zero-order valence-corrected chi connectivity index (χ0v) is 32.0. The number of nitrogens with zero attached hydrogens (tertiary/aromatic N) is 2. The van der Waals surface area contributed by atoms with Crippen LogP contribution < -0.4 is 11.5 Å². The molecule has 0 aliphatic heterocycles. The Kier molecular flexibility index (Phi) is 36.8. The zero-order valence-electron chi connectivity index (χ0n) is 32.0. The molecule has 280 valence electrons. The minimum Gasteiger partial charge on any atom is -0.343 e. The van der Waals surface area contributed by atoms with Crippen molar-refractivity contribution in [2.24, 2.45) is 11.5 Å². The maximum Gasteiger partial charge on any atom is 0.222 e. The van der Waals surface area contributed by atoms with Crippen LogP contribution in [-0.4, -0.2) is 60.9 Å². The molecule has 0 fully saturated rings. The first-order chi connectivity index (χ1) is 23.1. The molecule has 0 spiro atoms. The molecule has 6 nitrogen and oxygen atoms in total. The summed E-state index contributed by atoms with van der Waals surface area (Å²) in [5.74, 6) is 0.515. The highest BCUT2D eigenvalue weighted by molar-refractivity contribution is 5.76. The van der Waals surface area contributed by atoms with Gasteiger partial charge >= 0.3 is 0 Å². The molecule has 0 radical (unpaired) electrons. The van der Waals surface area contributed by atoms with Crippen molar-refractivity contribution in [3.63, 3.8) is 0 Å². The summed E-state index contributed by atoms with van der Waals surface area (Å²) in [4.78, 5) is 30.2. The van der Waals surface area contributed by atoms with Crippen molar-refractivity contribution in [3.8, 4) is 0 Å². The lowest BCUT2D eigenvalue weighted by Crippen LogP contribution is -2.38. The van der Waals surface area contributed by atoms with Gasteiger partial charge in [-0.15, -0.1) is 0 Å². The van der Waals surface area contributed by atoms with E-state index in [9.17, 15) is 9.59 Å². The van der Waals surface area contributed by atoms with E-state index in [1.54, 1.807) is 0 Å². The van der Waals surface area contributed by atoms with Crippen LogP contribution in [0.3, 0.4) is 0 Å². The van der Waals surface area contributed by atoms with Crippen molar-refractivity contribution in [2.45, 2.75) is 213 Å². The molecule has 0 aromatic carbocycles. The van der Waals surface area contributed by atoms with Crippen LogP contribution in [0.15, 0.2) is 0 Å². The van der Waals surface area contributed by atoms with Crippen LogP contribution in [0.5, 0.6) is 0 Å². The third kappa shape index (κ3) is 31.9. The smallest absolute Gasteiger partial charge is 0.222 e. The van der Waals surface area contributed by atoms with E-state index in [0.29, 0.717) is 39.0 Å². The van der Waals surface area contributed by atoms with Crippen LogP contribution in [0.4, 0.5) is 0 Å². The van der Waals surface area contributed by atoms with Gasteiger partial charge in [0, 0.05) is 39.0 Å². The van der Waals surface area contributed by atoms with Gasteiger partial charge < -0.3 is 21.3 Å². The number of amides is 2. The number of hydrogen-bond donors (Lipinski definition) is 2. The third-order valence-corrected chi connectivity index (χ3v) is 9.81. The molecule has 0 aliphatic carbocycles. The fourth-order valence-electron chi connectivity index (χ4n) is 6.64. The fraction of sp³-hybridized carbons (Fsp3) is 0.951. The van der Waals surface area contributed by atoms with Gasteiger partial charge in [0.2, 0.25) is 11.8 Å². The van der Waals surface area contributed by atoms with Gasteiger partial charge in [0.15, 0.2) is 0 Å². The van der Waals surface area contributed by atoms with Crippen LogP contribution in [0, 0.1) is 0 Å². The lowest BCUT2D eigenvalue weighted by atomic mass is 10.0. The lowest BCUT2D eigenvalue weighted by molar-refractivity contribution is -0.132. The molecular weight excluding hydrogens is 580 g/mol. The Morgan fingerprint density at radius 3 is 0.830 bits per heavy atom. The topological polar surface area (TPSA) is 92.7 Å². The van der Waals surface area contributed by atoms with Gasteiger partial charge in [0.1, 0.15) is 0 Å². The molecule has 0 saturated carbocycles. The summed E-state index contributed by atoms with van der Waals surface area (Å²) in [6.45, 7) is 8.63. The average Bonchev–Trinajstić information content (AvgIpc) is 3.08. The van der Waals surface area contributed by atoms with Gasteiger partial charge in [-0.25, -0.2) is 0 Å². The van der Waals surface area contributed by atoms with Gasteiger partial charge in [-0.2, -0.15) is 0 Å². The van der Waals surface area contributed by atoms with E-state index < -0.39 is 0 Å². The molecule has 0 unspecified atom stereocenters. The van der Waals surface area contributed by atoms with Gasteiger partial charge in [-0.05, 0) is 45.2 Å². The van der Waals surface area contributed by atoms with Crippen LogP contribution in [-0.2, 0) is 9.59 Å². The summed E-state index contributed by atoms with van der Waals surface area (Å²) in [7, 11) is 0. The van der Waals surface area contributed by atoms with E-state index >= 15 is 0 Å². The number of hydrogen-bond acceptors (Lipinski definition) is 4. The SMILES string of the molecule is CCCCCCCCCCCCCCCC(=O)N(CCCN)CCCN(CCCN)C(=O)CCCCCCCCCCCCCCC. The standard InChI is InChI=1S/C41H84N4O2/c1-3-5-7-9-11-13-15-17-19-21-23-25-27-32-40(46)44(36-29-34-42)38-31-39-45(37-30-35-43)41(47)33-28-26-24-22-20-18-16-14-12-10-8-6-4-2/h3-39,42-43H2,1-2H3. The van der Waals surface area contributed by atoms with Gasteiger partial charge in [0.05, 0.1) is 0 Å². The Balaban J connectivity index is 4.15. The molecular formula is C41H84N4O2. The molecule has 6 heteroatoms. The van der Waals surface area contributed by atoms with Gasteiger partial charge in [0.25, 0.3) is 0 Å². The summed E-state index contributed by atoms with van der Waals surface area (Å²) in [5.41, 5.74) is 11.6. The maximum atomic E-state index is 13.1. The summed E-state index contributed by atoms with van der Waals surface area (Å²) < 4.78 is 0. The van der Waals surface area contributed by atoms with Crippen molar-refractivity contribution < 1.29 is 9.59 Å². The normalized spacial score (nSPS) is 11.3. The molecule has 0 aliphatic rings. The fourth-order valence-corrected chi connectivity index (χ4v) is 6.64. The molecule has 0 aromatic rings. The second kappa shape index (κ2) is 37.7. The van der Waals surface area contributed by atoms with Crippen LogP contribution in [0.2, 0.25) is 0 Å². The van der Waals surface area contributed by atoms with Crippen molar-refractivity contribution in [1.29, 1.82) is 0 Å². The van der Waals surface area contributed by atoms with Crippen LogP contribution in [0.1, 0.15) is 213 Å². The molecule has 0 bridgehead atoms. The van der Waals surface area contributed by atoms with Crippen molar-refractivity contribution in [3.05, 3.63) is 0 Å². The number of unbranched alkanes of at least 4 members (excludes halogenated alkanes) is 24. The zero-order chi connectivity index (χ0) is 34.5. The monoisotopic (exact) mass is 665 g/mol. The third-order valence-electron chi connectivity index (χ3n) is 9.81. The molecule has 4 N–H and O–H groups in total. The predicted molar refractivity (Wildman–Crippen MR) is 206 cm³/mol. The summed E-state index contributed by atoms with van der Waals surface area (Å²) >= 11 is 0. The summed E-state index contributed by atoms with van der Waals surface area (Å²) in [6, 6.07) is 0. The Labute approximate surface area is 294 Å². The largest absolute Gasteiger partial charge is 0.343 e. The van der Waals surface area contributed by atoms with Gasteiger partial charge in [-0.3, -0.25) is 9.59 Å². The summed E-state index contributed by atoms with van der Waals surface area (Å²) in [5, 5.41) is 0. The number of nitrogens with two attached hydrogens (primary N) is 2. The first kappa shape index (κ1) is 45.9. The van der Waals surface area contributed by atoms with Crippen LogP contribution >= 0.6 is 0 Å². The first-order valence-electron chi connectivity index (χ1n) is 21.1. The van der Waals surface area contributed by atoms with Crippen molar-refractivity contribution in [2.75, 3.05) is 39.3 Å². The molecule has 2 amide bonds. The Morgan fingerprint density at radius 1 is 0.340 bits per heavy atom. The Bertz CT molecular complexity index is 605. The van der Waals surface area contributed by atoms with E-state index in [4.69, 9.17) is 11.5 Å². The molecule has 0 aromatic heterocycles. The highest BCUT2D eigenvalue weighted by atomic mass is 16.2. The first-order valence-corrected chi connectivity index (χ1v) is 21.1. The van der Waals surface area contributed by atoms with E-state index in [1.807, 2.05) is 9.80 Å². The molecule has 0 saturated heterocycles. The summed E-state index contributed by atoms with van der Waals surface area (Å²) in [6.07, 6.45) is 38.0. The molecule has 0 heterocycles. The average molecular weight is 665 g/mol. The molecule has 0 atom stereocenters. The van der Waals surface area contributed by atoms with E-state index in [0.717, 1.165) is 58.0 Å². The Morgan fingerprint density at radius 2 is 0.574 bits per heavy atom. The maximum absolute atomic E-state index is 13.1. The van der Waals surface area contributed by atoms with Crippen LogP contribution in [0.25, 0.3) is 0 Å². The quantitative estimate of drug-likeness (QED) is 0.0642. The van der Waals surface area contributed by atoms with Crippen molar-refractivity contribution >= 4 is 11.8 Å². The Hall–Kier alpha value is -1.14. The second-order valence-corrected chi connectivity index (χ2v) is 14.4. The lowest BCUT2D eigenvalue weighted by Gasteiger charge is -2.26. The minimum atomic E-state index is 0.258. The van der Waals surface area contributed by atoms with Crippen molar-refractivity contribution in [1.82, 2.24) is 9.80 Å². The predicted octanol–water partition coefficient (Wildman–Crippen LogP) is 10.7. The second-order valence-electron chi connectivity index (χ2n) is 14.4. The van der Waals surface area contributed by atoms with Gasteiger partial charge in [-0.1, -0.05) is 168 Å². The highest BCUT2D eigenvalue weighted by Gasteiger charge is 2.16. The van der Waals surface area contributed by atoms with E-state index in [-0.39, 0.29) is 11.8 Å². The molecule has 47 heavy (non-hydrogen) atoms. The molecule has 0 rings (SSSR count).